The maximum Gasteiger partial charge on any atom is 0.151 e. The summed E-state index contributed by atoms with van der Waals surface area (Å²) < 4.78 is 0. The van der Waals surface area contributed by atoms with Gasteiger partial charge in [0.2, 0.25) is 0 Å². The van der Waals surface area contributed by atoms with Crippen LogP contribution in [0.25, 0.3) is 0 Å². The summed E-state index contributed by atoms with van der Waals surface area (Å²) >= 11 is 0. The van der Waals surface area contributed by atoms with E-state index >= 15 is 0 Å². The molecule has 2 rings (SSSR count). The number of nitrogens with zero attached hydrogens (tertiary/aromatic N) is 2. The lowest BCUT2D eigenvalue weighted by molar-refractivity contribution is 0.870. The smallest absolute Gasteiger partial charge is 0.151 e. The fourth-order valence-electron chi connectivity index (χ4n) is 2.25. The summed E-state index contributed by atoms with van der Waals surface area (Å²) in [6.45, 7) is 4.32. The van der Waals surface area contributed by atoms with Gasteiger partial charge in [-0.25, -0.2) is 4.98 Å². The SMILES string of the molecule is Cc1ccccc1C(C)Nc1cccnc1N(C)C. The zero-order valence-electron chi connectivity index (χ0n) is 12.0. The van der Waals surface area contributed by atoms with Crippen LogP contribution in [-0.4, -0.2) is 19.1 Å². The van der Waals surface area contributed by atoms with Crippen LogP contribution < -0.4 is 10.2 Å². The molecule has 0 aliphatic heterocycles. The topological polar surface area (TPSA) is 28.2 Å². The predicted octanol–water partition coefficient (Wildman–Crippen LogP) is 3.63. The first-order valence-electron chi connectivity index (χ1n) is 6.54. The molecule has 3 nitrogen and oxygen atoms in total. The van der Waals surface area contributed by atoms with Crippen LogP contribution >= 0.6 is 0 Å². The summed E-state index contributed by atoms with van der Waals surface area (Å²) in [4.78, 5) is 6.43. The molecule has 0 saturated heterocycles. The second-order valence-corrected chi connectivity index (χ2v) is 4.99. The van der Waals surface area contributed by atoms with E-state index in [0.717, 1.165) is 11.5 Å². The number of pyridine rings is 1. The zero-order chi connectivity index (χ0) is 13.8. The van der Waals surface area contributed by atoms with Crippen molar-refractivity contribution in [2.45, 2.75) is 19.9 Å². The third-order valence-corrected chi connectivity index (χ3v) is 3.24. The molecule has 1 atom stereocenters. The van der Waals surface area contributed by atoms with Crippen LogP contribution in [0.1, 0.15) is 24.1 Å². The normalized spacial score (nSPS) is 12.0. The number of hydrogen-bond donors (Lipinski definition) is 1. The average molecular weight is 255 g/mol. The highest BCUT2D eigenvalue weighted by atomic mass is 15.2. The number of rotatable bonds is 4. The van der Waals surface area contributed by atoms with E-state index in [9.17, 15) is 0 Å². The lowest BCUT2D eigenvalue weighted by Gasteiger charge is -2.22. The number of nitrogens with one attached hydrogen (secondary N) is 1. The van der Waals surface area contributed by atoms with Gasteiger partial charge >= 0.3 is 0 Å². The van der Waals surface area contributed by atoms with Crippen molar-refractivity contribution in [2.75, 3.05) is 24.3 Å². The summed E-state index contributed by atoms with van der Waals surface area (Å²) in [6, 6.07) is 12.7. The Morgan fingerprint density at radius 3 is 2.53 bits per heavy atom. The number of aryl methyl sites for hydroxylation is 1. The van der Waals surface area contributed by atoms with Gasteiger partial charge < -0.3 is 10.2 Å². The Bertz CT molecular complexity index is 549. The summed E-state index contributed by atoms with van der Waals surface area (Å²) in [6.07, 6.45) is 1.82. The van der Waals surface area contributed by atoms with Crippen LogP contribution in [-0.2, 0) is 0 Å². The van der Waals surface area contributed by atoms with Gasteiger partial charge in [-0.1, -0.05) is 24.3 Å². The molecule has 0 aliphatic rings. The fourth-order valence-corrected chi connectivity index (χ4v) is 2.25. The molecule has 1 heterocycles. The third kappa shape index (κ3) is 3.05. The van der Waals surface area contributed by atoms with E-state index in [-0.39, 0.29) is 6.04 Å². The van der Waals surface area contributed by atoms with Gasteiger partial charge in [0, 0.05) is 26.3 Å². The lowest BCUT2D eigenvalue weighted by atomic mass is 10.0. The van der Waals surface area contributed by atoms with Crippen LogP contribution in [0.3, 0.4) is 0 Å². The van der Waals surface area contributed by atoms with Crippen molar-refractivity contribution in [3.8, 4) is 0 Å². The Kier molecular flexibility index (Phi) is 4.05. The molecule has 1 N–H and O–H groups in total. The maximum absolute atomic E-state index is 4.41. The van der Waals surface area contributed by atoms with Crippen LogP contribution in [0.15, 0.2) is 42.6 Å². The predicted molar refractivity (Wildman–Crippen MR) is 81.8 cm³/mol. The molecule has 1 unspecified atom stereocenters. The Morgan fingerprint density at radius 1 is 1.11 bits per heavy atom. The van der Waals surface area contributed by atoms with E-state index in [2.05, 4.69) is 54.5 Å². The molecular formula is C16H21N3. The Labute approximate surface area is 115 Å². The van der Waals surface area contributed by atoms with Crippen molar-refractivity contribution >= 4 is 11.5 Å². The summed E-state index contributed by atoms with van der Waals surface area (Å²) in [5.41, 5.74) is 3.68. The molecule has 19 heavy (non-hydrogen) atoms. The first-order valence-corrected chi connectivity index (χ1v) is 6.54. The molecule has 0 bridgehead atoms. The van der Waals surface area contributed by atoms with E-state index in [1.54, 1.807) is 0 Å². The molecule has 1 aromatic carbocycles. The molecule has 0 aliphatic carbocycles. The monoisotopic (exact) mass is 255 g/mol. The molecule has 100 valence electrons. The minimum Gasteiger partial charge on any atom is -0.376 e. The van der Waals surface area contributed by atoms with Crippen LogP contribution in [0.5, 0.6) is 0 Å². The summed E-state index contributed by atoms with van der Waals surface area (Å²) in [7, 11) is 4.01. The molecule has 0 radical (unpaired) electrons. The second kappa shape index (κ2) is 5.74. The van der Waals surface area contributed by atoms with E-state index < -0.39 is 0 Å². The van der Waals surface area contributed by atoms with Gasteiger partial charge in [0.25, 0.3) is 0 Å². The first-order chi connectivity index (χ1) is 9.09. The highest BCUT2D eigenvalue weighted by molar-refractivity contribution is 5.65. The standard InChI is InChI=1S/C16H21N3/c1-12-8-5-6-9-14(12)13(2)18-15-10-7-11-17-16(15)19(3)4/h5-11,13,18H,1-4H3. The number of hydrogen-bond acceptors (Lipinski definition) is 3. The minimum atomic E-state index is 0.254. The largest absolute Gasteiger partial charge is 0.376 e. The molecule has 0 fully saturated rings. The number of anilines is 2. The van der Waals surface area contributed by atoms with E-state index in [4.69, 9.17) is 0 Å². The summed E-state index contributed by atoms with van der Waals surface area (Å²) in [5.74, 6) is 0.961. The number of benzene rings is 1. The van der Waals surface area contributed by atoms with Gasteiger partial charge in [0.15, 0.2) is 5.82 Å². The van der Waals surface area contributed by atoms with Gasteiger partial charge in [0.1, 0.15) is 0 Å². The van der Waals surface area contributed by atoms with Gasteiger partial charge in [-0.3, -0.25) is 0 Å². The lowest BCUT2D eigenvalue weighted by Crippen LogP contribution is -2.15. The summed E-state index contributed by atoms with van der Waals surface area (Å²) in [5, 5.41) is 3.54. The van der Waals surface area contributed by atoms with Crippen molar-refractivity contribution < 1.29 is 0 Å². The molecule has 0 spiro atoms. The van der Waals surface area contributed by atoms with Crippen molar-refractivity contribution in [1.29, 1.82) is 0 Å². The Morgan fingerprint density at radius 2 is 1.84 bits per heavy atom. The van der Waals surface area contributed by atoms with E-state index in [1.807, 2.05) is 31.3 Å². The van der Waals surface area contributed by atoms with Crippen LogP contribution in [0, 0.1) is 6.92 Å². The molecule has 3 heteroatoms. The average Bonchev–Trinajstić information content (AvgIpc) is 2.39. The van der Waals surface area contributed by atoms with Crippen molar-refractivity contribution in [3.63, 3.8) is 0 Å². The van der Waals surface area contributed by atoms with Gasteiger partial charge in [0.05, 0.1) is 5.69 Å². The van der Waals surface area contributed by atoms with Gasteiger partial charge in [-0.2, -0.15) is 0 Å². The highest BCUT2D eigenvalue weighted by Gasteiger charge is 2.11. The van der Waals surface area contributed by atoms with Crippen molar-refractivity contribution in [1.82, 2.24) is 4.98 Å². The van der Waals surface area contributed by atoms with Crippen molar-refractivity contribution in [2.24, 2.45) is 0 Å². The molecule has 0 saturated carbocycles. The first kappa shape index (κ1) is 13.4. The molecule has 2 aromatic rings. The number of aromatic nitrogens is 1. The maximum atomic E-state index is 4.41. The van der Waals surface area contributed by atoms with E-state index in [1.165, 1.54) is 11.1 Å². The molecule has 0 amide bonds. The van der Waals surface area contributed by atoms with E-state index in [0.29, 0.717) is 0 Å². The Hall–Kier alpha value is -2.03. The third-order valence-electron chi connectivity index (χ3n) is 3.24. The quantitative estimate of drug-likeness (QED) is 0.904. The fraction of sp³-hybridized carbons (Fsp3) is 0.312. The molecular weight excluding hydrogens is 234 g/mol. The second-order valence-electron chi connectivity index (χ2n) is 4.99. The highest BCUT2D eigenvalue weighted by Crippen LogP contribution is 2.26. The van der Waals surface area contributed by atoms with Crippen LogP contribution in [0.2, 0.25) is 0 Å². The van der Waals surface area contributed by atoms with Gasteiger partial charge in [-0.05, 0) is 37.1 Å². The van der Waals surface area contributed by atoms with Crippen molar-refractivity contribution in [3.05, 3.63) is 53.7 Å². The van der Waals surface area contributed by atoms with Gasteiger partial charge in [-0.15, -0.1) is 0 Å². The molecule has 1 aromatic heterocycles. The Balaban J connectivity index is 2.24. The minimum absolute atomic E-state index is 0.254. The van der Waals surface area contributed by atoms with Crippen LogP contribution in [0.4, 0.5) is 11.5 Å². The zero-order valence-corrected chi connectivity index (χ0v) is 12.0.